The van der Waals surface area contributed by atoms with Crippen molar-refractivity contribution in [3.05, 3.63) is 35.7 Å². The Kier molecular flexibility index (Phi) is 2.87. The standard InChI is InChI=1S/C10H7ClF2N2O/c1-5(11)9-14-15-10(16-9)8-6(12)3-2-4-7(8)13/h2-5H,1H3. The van der Waals surface area contributed by atoms with Gasteiger partial charge in [-0.1, -0.05) is 6.07 Å². The lowest BCUT2D eigenvalue weighted by molar-refractivity contribution is 0.496. The first-order valence-corrected chi connectivity index (χ1v) is 4.95. The largest absolute Gasteiger partial charge is 0.419 e. The predicted molar refractivity (Wildman–Crippen MR) is 53.9 cm³/mol. The van der Waals surface area contributed by atoms with Crippen molar-refractivity contribution in [2.75, 3.05) is 0 Å². The van der Waals surface area contributed by atoms with E-state index in [2.05, 4.69) is 10.2 Å². The predicted octanol–water partition coefficient (Wildman–Crippen LogP) is 3.31. The van der Waals surface area contributed by atoms with Crippen LogP contribution in [0.4, 0.5) is 8.78 Å². The summed E-state index contributed by atoms with van der Waals surface area (Å²) in [6.45, 7) is 1.62. The molecule has 0 saturated carbocycles. The molecule has 0 bridgehead atoms. The minimum absolute atomic E-state index is 0.124. The molecule has 1 aromatic carbocycles. The summed E-state index contributed by atoms with van der Waals surface area (Å²) in [4.78, 5) is 0. The monoisotopic (exact) mass is 244 g/mol. The third kappa shape index (κ3) is 1.90. The molecule has 1 heterocycles. The van der Waals surface area contributed by atoms with Crippen LogP contribution in [0.15, 0.2) is 22.6 Å². The van der Waals surface area contributed by atoms with E-state index in [9.17, 15) is 8.78 Å². The average Bonchev–Trinajstić information content (AvgIpc) is 2.66. The van der Waals surface area contributed by atoms with Gasteiger partial charge in [0.25, 0.3) is 5.89 Å². The SMILES string of the molecule is CC(Cl)c1nnc(-c2c(F)cccc2F)o1. The molecule has 2 rings (SSSR count). The van der Waals surface area contributed by atoms with Crippen molar-refractivity contribution >= 4 is 11.6 Å². The summed E-state index contributed by atoms with van der Waals surface area (Å²) in [6.07, 6.45) is 0. The van der Waals surface area contributed by atoms with Gasteiger partial charge < -0.3 is 4.42 Å². The highest BCUT2D eigenvalue weighted by molar-refractivity contribution is 6.20. The lowest BCUT2D eigenvalue weighted by Crippen LogP contribution is -1.89. The smallest absolute Gasteiger partial charge is 0.253 e. The molecule has 1 atom stereocenters. The van der Waals surface area contributed by atoms with E-state index in [1.54, 1.807) is 6.92 Å². The molecule has 84 valence electrons. The number of hydrogen-bond donors (Lipinski definition) is 0. The Bertz CT molecular complexity index is 493. The maximum Gasteiger partial charge on any atom is 0.253 e. The number of halogens is 3. The van der Waals surface area contributed by atoms with Gasteiger partial charge in [0.15, 0.2) is 0 Å². The number of nitrogens with zero attached hydrogens (tertiary/aromatic N) is 2. The molecule has 2 aromatic rings. The number of rotatable bonds is 2. The molecule has 0 aliphatic rings. The second-order valence-corrected chi connectivity index (χ2v) is 3.81. The number of aromatic nitrogens is 2. The summed E-state index contributed by atoms with van der Waals surface area (Å²) in [5, 5.41) is 6.64. The van der Waals surface area contributed by atoms with Crippen molar-refractivity contribution in [1.82, 2.24) is 10.2 Å². The van der Waals surface area contributed by atoms with E-state index in [1.165, 1.54) is 6.07 Å². The zero-order valence-corrected chi connectivity index (χ0v) is 9.00. The Morgan fingerprint density at radius 1 is 1.25 bits per heavy atom. The van der Waals surface area contributed by atoms with Crippen LogP contribution >= 0.6 is 11.6 Å². The van der Waals surface area contributed by atoms with Gasteiger partial charge in [0, 0.05) is 0 Å². The Balaban J connectivity index is 2.50. The summed E-state index contributed by atoms with van der Waals surface area (Å²) < 4.78 is 31.8. The second kappa shape index (κ2) is 4.17. The van der Waals surface area contributed by atoms with Crippen molar-refractivity contribution in [2.45, 2.75) is 12.3 Å². The molecule has 1 aromatic heterocycles. The van der Waals surface area contributed by atoms with E-state index >= 15 is 0 Å². The molecule has 0 saturated heterocycles. The lowest BCUT2D eigenvalue weighted by Gasteiger charge is -1.98. The molecule has 0 radical (unpaired) electrons. The van der Waals surface area contributed by atoms with Gasteiger partial charge in [-0.05, 0) is 19.1 Å². The fourth-order valence-electron chi connectivity index (χ4n) is 1.20. The Labute approximate surface area is 95.1 Å². The van der Waals surface area contributed by atoms with Crippen LogP contribution < -0.4 is 0 Å². The van der Waals surface area contributed by atoms with Gasteiger partial charge in [-0.3, -0.25) is 0 Å². The number of hydrogen-bond acceptors (Lipinski definition) is 3. The molecular weight excluding hydrogens is 238 g/mol. The molecule has 16 heavy (non-hydrogen) atoms. The average molecular weight is 245 g/mol. The third-order valence-corrected chi connectivity index (χ3v) is 2.14. The summed E-state index contributed by atoms with van der Waals surface area (Å²) in [5.41, 5.74) is -0.335. The number of benzene rings is 1. The number of alkyl halides is 1. The van der Waals surface area contributed by atoms with Crippen LogP contribution in [0, 0.1) is 11.6 Å². The fraction of sp³-hybridized carbons (Fsp3) is 0.200. The minimum atomic E-state index is -0.752. The summed E-state index contributed by atoms with van der Waals surface area (Å²) in [7, 11) is 0. The van der Waals surface area contributed by atoms with Crippen molar-refractivity contribution in [2.24, 2.45) is 0 Å². The van der Waals surface area contributed by atoms with E-state index in [1.807, 2.05) is 0 Å². The van der Waals surface area contributed by atoms with Gasteiger partial charge >= 0.3 is 0 Å². The first-order valence-electron chi connectivity index (χ1n) is 4.51. The van der Waals surface area contributed by atoms with Crippen LogP contribution in [0.3, 0.4) is 0 Å². The molecule has 6 heteroatoms. The van der Waals surface area contributed by atoms with Gasteiger partial charge in [-0.15, -0.1) is 21.8 Å². The van der Waals surface area contributed by atoms with E-state index in [4.69, 9.17) is 16.0 Å². The van der Waals surface area contributed by atoms with Crippen LogP contribution in [0.5, 0.6) is 0 Å². The van der Waals surface area contributed by atoms with E-state index < -0.39 is 17.0 Å². The zero-order chi connectivity index (χ0) is 11.7. The van der Waals surface area contributed by atoms with Gasteiger partial charge in [0.1, 0.15) is 22.6 Å². The summed E-state index contributed by atoms with van der Waals surface area (Å²) >= 11 is 5.70. The maximum atomic E-state index is 13.3. The topological polar surface area (TPSA) is 38.9 Å². The molecular formula is C10H7ClF2N2O. The highest BCUT2D eigenvalue weighted by atomic mass is 35.5. The molecule has 0 N–H and O–H groups in total. The van der Waals surface area contributed by atoms with Gasteiger partial charge in [0.05, 0.1) is 0 Å². The Morgan fingerprint density at radius 2 is 1.88 bits per heavy atom. The zero-order valence-electron chi connectivity index (χ0n) is 8.25. The van der Waals surface area contributed by atoms with Crippen LogP contribution in [0.1, 0.15) is 18.2 Å². The van der Waals surface area contributed by atoms with Crippen LogP contribution in [-0.2, 0) is 0 Å². The maximum absolute atomic E-state index is 13.3. The molecule has 1 unspecified atom stereocenters. The van der Waals surface area contributed by atoms with Crippen molar-refractivity contribution < 1.29 is 13.2 Å². The Morgan fingerprint density at radius 3 is 2.38 bits per heavy atom. The van der Waals surface area contributed by atoms with Gasteiger partial charge in [-0.25, -0.2) is 8.78 Å². The van der Waals surface area contributed by atoms with E-state index in [0.717, 1.165) is 12.1 Å². The first-order chi connectivity index (χ1) is 7.59. The molecule has 0 aliphatic heterocycles. The molecule has 0 fully saturated rings. The van der Waals surface area contributed by atoms with Crippen LogP contribution in [0.25, 0.3) is 11.5 Å². The van der Waals surface area contributed by atoms with E-state index in [0.29, 0.717) is 0 Å². The highest BCUT2D eigenvalue weighted by Gasteiger charge is 2.19. The summed E-state index contributed by atoms with van der Waals surface area (Å²) in [6, 6.07) is 3.49. The van der Waals surface area contributed by atoms with Crippen LogP contribution in [0.2, 0.25) is 0 Å². The van der Waals surface area contributed by atoms with Gasteiger partial charge in [-0.2, -0.15) is 0 Å². The molecule has 0 spiro atoms. The normalized spacial score (nSPS) is 12.8. The van der Waals surface area contributed by atoms with Crippen LogP contribution in [-0.4, -0.2) is 10.2 Å². The molecule has 3 nitrogen and oxygen atoms in total. The quantitative estimate of drug-likeness (QED) is 0.761. The lowest BCUT2D eigenvalue weighted by atomic mass is 10.2. The van der Waals surface area contributed by atoms with E-state index in [-0.39, 0.29) is 17.3 Å². The minimum Gasteiger partial charge on any atom is -0.419 e. The second-order valence-electron chi connectivity index (χ2n) is 3.16. The highest BCUT2D eigenvalue weighted by Crippen LogP contribution is 2.27. The van der Waals surface area contributed by atoms with Crippen molar-refractivity contribution in [3.63, 3.8) is 0 Å². The van der Waals surface area contributed by atoms with Crippen molar-refractivity contribution in [1.29, 1.82) is 0 Å². The fourth-order valence-corrected chi connectivity index (χ4v) is 1.29. The Hall–Kier alpha value is -1.49. The third-order valence-electron chi connectivity index (χ3n) is 1.96. The molecule has 0 aliphatic carbocycles. The summed E-state index contributed by atoms with van der Waals surface area (Å²) in [5.74, 6) is -1.59. The van der Waals surface area contributed by atoms with Crippen molar-refractivity contribution in [3.8, 4) is 11.5 Å². The first kappa shape index (κ1) is 11.0. The van der Waals surface area contributed by atoms with Gasteiger partial charge in [0.2, 0.25) is 5.89 Å². The molecule has 0 amide bonds.